The number of primary amides is 1. The van der Waals surface area contributed by atoms with Gasteiger partial charge in [0.25, 0.3) is 5.91 Å². The number of amides is 1. The van der Waals surface area contributed by atoms with Crippen molar-refractivity contribution in [1.82, 2.24) is 0 Å². The van der Waals surface area contributed by atoms with Crippen molar-refractivity contribution in [3.8, 4) is 11.8 Å². The first kappa shape index (κ1) is 15.6. The molecule has 0 fully saturated rings. The summed E-state index contributed by atoms with van der Waals surface area (Å²) in [7, 11) is 0. The Morgan fingerprint density at radius 1 is 1.23 bits per heavy atom. The van der Waals surface area contributed by atoms with Crippen LogP contribution in [0, 0.1) is 11.3 Å². The summed E-state index contributed by atoms with van der Waals surface area (Å²) in [6.45, 7) is -0.168. The maximum atomic E-state index is 10.7. The SMILES string of the molecule is N#CC(=Cc1ccc(OCC(N)=O)cc1)c1ccccc1Cl. The molecule has 0 aliphatic heterocycles. The van der Waals surface area contributed by atoms with E-state index in [0.29, 0.717) is 21.9 Å². The van der Waals surface area contributed by atoms with E-state index in [9.17, 15) is 10.1 Å². The number of rotatable bonds is 5. The Morgan fingerprint density at radius 3 is 2.50 bits per heavy atom. The highest BCUT2D eigenvalue weighted by Gasteiger charge is 2.05. The van der Waals surface area contributed by atoms with Crippen LogP contribution in [0.1, 0.15) is 11.1 Å². The topological polar surface area (TPSA) is 76.1 Å². The number of benzene rings is 2. The Labute approximate surface area is 133 Å². The first-order valence-electron chi connectivity index (χ1n) is 6.48. The van der Waals surface area contributed by atoms with E-state index >= 15 is 0 Å². The minimum absolute atomic E-state index is 0.168. The van der Waals surface area contributed by atoms with E-state index in [0.717, 1.165) is 5.56 Å². The molecule has 0 saturated heterocycles. The summed E-state index contributed by atoms with van der Waals surface area (Å²) < 4.78 is 5.18. The van der Waals surface area contributed by atoms with Crippen LogP contribution in [0.15, 0.2) is 48.5 Å². The van der Waals surface area contributed by atoms with Gasteiger partial charge in [-0.2, -0.15) is 5.26 Å². The fourth-order valence-electron chi connectivity index (χ4n) is 1.83. The summed E-state index contributed by atoms with van der Waals surface area (Å²) in [5.41, 5.74) is 6.98. The molecule has 22 heavy (non-hydrogen) atoms. The zero-order valence-corrected chi connectivity index (χ0v) is 12.4. The predicted octanol–water partition coefficient (Wildman–Crippen LogP) is 3.27. The van der Waals surface area contributed by atoms with Crippen LogP contribution >= 0.6 is 11.6 Å². The monoisotopic (exact) mass is 312 g/mol. The highest BCUT2D eigenvalue weighted by atomic mass is 35.5. The molecule has 0 atom stereocenters. The Bertz CT molecular complexity index is 746. The highest BCUT2D eigenvalue weighted by Crippen LogP contribution is 2.25. The van der Waals surface area contributed by atoms with E-state index in [1.54, 1.807) is 42.5 Å². The Balaban J connectivity index is 2.22. The fraction of sp³-hybridized carbons (Fsp3) is 0.0588. The molecule has 0 radical (unpaired) electrons. The maximum absolute atomic E-state index is 10.7. The molecule has 2 aromatic carbocycles. The van der Waals surface area contributed by atoms with Gasteiger partial charge >= 0.3 is 0 Å². The van der Waals surface area contributed by atoms with E-state index in [1.807, 2.05) is 12.1 Å². The molecule has 0 saturated carbocycles. The molecule has 2 N–H and O–H groups in total. The van der Waals surface area contributed by atoms with Gasteiger partial charge in [0.1, 0.15) is 5.75 Å². The van der Waals surface area contributed by atoms with Crippen molar-refractivity contribution < 1.29 is 9.53 Å². The second-order valence-electron chi connectivity index (χ2n) is 4.47. The van der Waals surface area contributed by atoms with E-state index in [4.69, 9.17) is 22.1 Å². The third kappa shape index (κ3) is 4.11. The van der Waals surface area contributed by atoms with Gasteiger partial charge in [0, 0.05) is 10.6 Å². The minimum Gasteiger partial charge on any atom is -0.484 e. The van der Waals surface area contributed by atoms with Crippen molar-refractivity contribution in [1.29, 1.82) is 5.26 Å². The number of nitrogens with zero attached hydrogens (tertiary/aromatic N) is 1. The molecule has 5 heteroatoms. The van der Waals surface area contributed by atoms with Gasteiger partial charge in [0.05, 0.1) is 11.6 Å². The van der Waals surface area contributed by atoms with Gasteiger partial charge in [-0.15, -0.1) is 0 Å². The van der Waals surface area contributed by atoms with Gasteiger partial charge < -0.3 is 10.5 Å². The van der Waals surface area contributed by atoms with Crippen LogP contribution in [0.2, 0.25) is 5.02 Å². The van der Waals surface area contributed by atoms with E-state index in [-0.39, 0.29) is 6.61 Å². The summed E-state index contributed by atoms with van der Waals surface area (Å²) in [5.74, 6) is 0.00154. The zero-order valence-electron chi connectivity index (χ0n) is 11.6. The second kappa shape index (κ2) is 7.30. The van der Waals surface area contributed by atoms with Crippen LogP contribution in [0.5, 0.6) is 5.75 Å². The van der Waals surface area contributed by atoms with Crippen LogP contribution < -0.4 is 10.5 Å². The standard InChI is InChI=1S/C17H13ClN2O2/c18-16-4-2-1-3-15(16)13(10-19)9-12-5-7-14(8-6-12)22-11-17(20)21/h1-9H,11H2,(H2,20,21). The van der Waals surface area contributed by atoms with Crippen LogP contribution in [0.25, 0.3) is 11.6 Å². The number of nitrogens with two attached hydrogens (primary N) is 1. The third-order valence-corrected chi connectivity index (χ3v) is 3.19. The third-order valence-electron chi connectivity index (χ3n) is 2.86. The van der Waals surface area contributed by atoms with Crippen LogP contribution in [-0.2, 0) is 4.79 Å². The number of nitriles is 1. The van der Waals surface area contributed by atoms with Crippen molar-refractivity contribution in [2.24, 2.45) is 5.73 Å². The molecule has 0 unspecified atom stereocenters. The summed E-state index contributed by atoms with van der Waals surface area (Å²) in [6.07, 6.45) is 1.74. The van der Waals surface area contributed by atoms with Crippen LogP contribution in [0.3, 0.4) is 0 Å². The van der Waals surface area contributed by atoms with Crippen molar-refractivity contribution in [3.63, 3.8) is 0 Å². The summed E-state index contributed by atoms with van der Waals surface area (Å²) in [4.78, 5) is 10.7. The normalized spacial score (nSPS) is 10.8. The number of halogens is 1. The Hall–Kier alpha value is -2.77. The quantitative estimate of drug-likeness (QED) is 0.680. The average Bonchev–Trinajstić information content (AvgIpc) is 2.52. The van der Waals surface area contributed by atoms with Crippen molar-refractivity contribution in [3.05, 3.63) is 64.7 Å². The highest BCUT2D eigenvalue weighted by molar-refractivity contribution is 6.32. The van der Waals surface area contributed by atoms with E-state index < -0.39 is 5.91 Å². The van der Waals surface area contributed by atoms with E-state index in [2.05, 4.69) is 6.07 Å². The molecule has 0 heterocycles. The molecule has 110 valence electrons. The molecule has 0 spiro atoms. The van der Waals surface area contributed by atoms with Gasteiger partial charge in [-0.3, -0.25) is 4.79 Å². The average molecular weight is 313 g/mol. The molecular weight excluding hydrogens is 300 g/mol. The molecule has 2 rings (SSSR count). The van der Waals surface area contributed by atoms with E-state index in [1.165, 1.54) is 0 Å². The lowest BCUT2D eigenvalue weighted by molar-refractivity contribution is -0.119. The first-order valence-corrected chi connectivity index (χ1v) is 6.86. The van der Waals surface area contributed by atoms with Gasteiger partial charge in [0.2, 0.25) is 0 Å². The Kier molecular flexibility index (Phi) is 5.18. The summed E-state index contributed by atoms with van der Waals surface area (Å²) >= 11 is 6.10. The predicted molar refractivity (Wildman–Crippen MR) is 86.1 cm³/mol. The molecule has 0 aliphatic carbocycles. The van der Waals surface area contributed by atoms with Crippen molar-refractivity contribution >= 4 is 29.2 Å². The first-order chi connectivity index (χ1) is 10.6. The smallest absolute Gasteiger partial charge is 0.255 e. The van der Waals surface area contributed by atoms with Gasteiger partial charge in [-0.1, -0.05) is 41.9 Å². The summed E-state index contributed by atoms with van der Waals surface area (Å²) in [5, 5.41) is 9.84. The minimum atomic E-state index is -0.533. The molecule has 0 aliphatic rings. The number of ether oxygens (including phenoxy) is 1. The van der Waals surface area contributed by atoms with Gasteiger partial charge in [-0.05, 0) is 29.8 Å². The molecule has 0 bridgehead atoms. The van der Waals surface area contributed by atoms with Crippen LogP contribution in [-0.4, -0.2) is 12.5 Å². The largest absolute Gasteiger partial charge is 0.484 e. The lowest BCUT2D eigenvalue weighted by Gasteiger charge is -2.05. The number of hydrogen-bond donors (Lipinski definition) is 1. The molecule has 2 aromatic rings. The number of hydrogen-bond acceptors (Lipinski definition) is 3. The number of carbonyl (C=O) groups is 1. The lowest BCUT2D eigenvalue weighted by atomic mass is 10.0. The lowest BCUT2D eigenvalue weighted by Crippen LogP contribution is -2.19. The molecule has 0 aromatic heterocycles. The Morgan fingerprint density at radius 2 is 1.91 bits per heavy atom. The van der Waals surface area contributed by atoms with Gasteiger partial charge in [-0.25, -0.2) is 0 Å². The van der Waals surface area contributed by atoms with Gasteiger partial charge in [0.15, 0.2) is 6.61 Å². The number of carbonyl (C=O) groups excluding carboxylic acids is 1. The maximum Gasteiger partial charge on any atom is 0.255 e. The molecular formula is C17H13ClN2O2. The van der Waals surface area contributed by atoms with Crippen molar-refractivity contribution in [2.45, 2.75) is 0 Å². The number of allylic oxidation sites excluding steroid dienone is 1. The second-order valence-corrected chi connectivity index (χ2v) is 4.88. The zero-order chi connectivity index (χ0) is 15.9. The fourth-order valence-corrected chi connectivity index (χ4v) is 2.07. The van der Waals surface area contributed by atoms with Crippen LogP contribution in [0.4, 0.5) is 0 Å². The molecule has 4 nitrogen and oxygen atoms in total. The summed E-state index contributed by atoms with van der Waals surface area (Å²) in [6, 6.07) is 16.3. The molecule has 1 amide bonds. The van der Waals surface area contributed by atoms with Crippen molar-refractivity contribution in [2.75, 3.05) is 6.61 Å².